The van der Waals surface area contributed by atoms with Gasteiger partial charge in [0.05, 0.1) is 12.0 Å². The maximum Gasteiger partial charge on any atom is 0.261 e. The Morgan fingerprint density at radius 2 is 1.63 bits per heavy atom. The number of anilines is 2. The van der Waals surface area contributed by atoms with Crippen molar-refractivity contribution in [1.29, 1.82) is 0 Å². The quantitative estimate of drug-likeness (QED) is 0.562. The van der Waals surface area contributed by atoms with Crippen LogP contribution in [0.1, 0.15) is 17.5 Å². The van der Waals surface area contributed by atoms with Crippen molar-refractivity contribution in [2.75, 3.05) is 17.1 Å². The molecule has 156 valence electrons. The van der Waals surface area contributed by atoms with Crippen molar-refractivity contribution < 1.29 is 17.9 Å². The molecule has 0 aliphatic heterocycles. The molecule has 3 aromatic rings. The first kappa shape index (κ1) is 21.4. The molecule has 30 heavy (non-hydrogen) atoms. The normalized spacial score (nSPS) is 11.0. The first-order valence-electron chi connectivity index (χ1n) is 9.48. The zero-order valence-electron chi connectivity index (χ0n) is 16.9. The number of amides is 1. The number of benzene rings is 3. The lowest BCUT2D eigenvalue weighted by Gasteiger charge is -2.10. The average Bonchev–Trinajstić information content (AvgIpc) is 2.74. The zero-order chi connectivity index (χ0) is 21.6. The summed E-state index contributed by atoms with van der Waals surface area (Å²) >= 11 is 0. The molecule has 3 aromatic carbocycles. The summed E-state index contributed by atoms with van der Waals surface area (Å²) in [5.74, 6) is 0.546. The molecule has 6 nitrogen and oxygen atoms in total. The van der Waals surface area contributed by atoms with E-state index >= 15 is 0 Å². The van der Waals surface area contributed by atoms with Crippen LogP contribution in [0.4, 0.5) is 11.4 Å². The van der Waals surface area contributed by atoms with Gasteiger partial charge in [-0.05, 0) is 55.3 Å². The van der Waals surface area contributed by atoms with Crippen LogP contribution in [0.5, 0.6) is 5.75 Å². The number of ether oxygens (including phenoxy) is 1. The lowest BCUT2D eigenvalue weighted by Crippen LogP contribution is -2.13. The minimum Gasteiger partial charge on any atom is -0.497 e. The molecule has 0 atom stereocenters. The zero-order valence-corrected chi connectivity index (χ0v) is 17.7. The largest absolute Gasteiger partial charge is 0.497 e. The standard InChI is InChI=1S/C23H24N2O4S/c1-17-6-11-19(12-7-17)25-30(27,28)22-13-8-18(9-14-22)10-15-23(26)24-20-4-3-5-21(16-20)29-2/h3-9,11-14,16,25H,10,15H2,1-2H3,(H,24,26). The third-order valence-electron chi connectivity index (χ3n) is 4.53. The van der Waals surface area contributed by atoms with Crippen molar-refractivity contribution >= 4 is 27.3 Å². The summed E-state index contributed by atoms with van der Waals surface area (Å²) in [6, 6.07) is 20.8. The van der Waals surface area contributed by atoms with Gasteiger partial charge in [-0.3, -0.25) is 9.52 Å². The summed E-state index contributed by atoms with van der Waals surface area (Å²) < 4.78 is 32.8. The minimum absolute atomic E-state index is 0.124. The van der Waals surface area contributed by atoms with Gasteiger partial charge in [-0.15, -0.1) is 0 Å². The van der Waals surface area contributed by atoms with Crippen LogP contribution in [0, 0.1) is 6.92 Å². The summed E-state index contributed by atoms with van der Waals surface area (Å²) in [5.41, 5.74) is 3.12. The first-order chi connectivity index (χ1) is 14.4. The van der Waals surface area contributed by atoms with Gasteiger partial charge in [0.2, 0.25) is 5.91 Å². The second-order valence-electron chi connectivity index (χ2n) is 6.90. The molecule has 0 aromatic heterocycles. The molecule has 0 heterocycles. The highest BCUT2D eigenvalue weighted by Crippen LogP contribution is 2.19. The Balaban J connectivity index is 1.57. The Labute approximate surface area is 177 Å². The Bertz CT molecular complexity index is 1110. The Morgan fingerprint density at radius 1 is 0.933 bits per heavy atom. The molecule has 0 aliphatic rings. The van der Waals surface area contributed by atoms with Crippen molar-refractivity contribution in [3.63, 3.8) is 0 Å². The number of hydrogen-bond donors (Lipinski definition) is 2. The van der Waals surface area contributed by atoms with E-state index < -0.39 is 10.0 Å². The molecule has 0 radical (unpaired) electrons. The van der Waals surface area contributed by atoms with Crippen molar-refractivity contribution in [1.82, 2.24) is 0 Å². The second kappa shape index (κ2) is 9.45. The Morgan fingerprint density at radius 3 is 2.30 bits per heavy atom. The summed E-state index contributed by atoms with van der Waals surface area (Å²) in [7, 11) is -2.09. The van der Waals surface area contributed by atoms with Gasteiger partial charge < -0.3 is 10.1 Å². The number of nitrogens with one attached hydrogen (secondary N) is 2. The smallest absolute Gasteiger partial charge is 0.261 e. The number of hydrogen-bond acceptors (Lipinski definition) is 4. The van der Waals surface area contributed by atoms with E-state index in [2.05, 4.69) is 10.0 Å². The van der Waals surface area contributed by atoms with E-state index in [1.54, 1.807) is 67.8 Å². The van der Waals surface area contributed by atoms with Gasteiger partial charge in [0.1, 0.15) is 5.75 Å². The molecule has 0 spiro atoms. The number of carbonyl (C=O) groups excluding carboxylic acids is 1. The van der Waals surface area contributed by atoms with Gasteiger partial charge in [-0.1, -0.05) is 35.9 Å². The van der Waals surface area contributed by atoms with E-state index in [4.69, 9.17) is 4.74 Å². The van der Waals surface area contributed by atoms with E-state index in [-0.39, 0.29) is 17.2 Å². The fourth-order valence-corrected chi connectivity index (χ4v) is 3.91. The summed E-state index contributed by atoms with van der Waals surface area (Å²) in [4.78, 5) is 12.4. The number of carbonyl (C=O) groups is 1. The Kier molecular flexibility index (Phi) is 6.74. The van der Waals surface area contributed by atoms with Gasteiger partial charge in [0, 0.05) is 23.9 Å². The maximum atomic E-state index is 12.5. The minimum atomic E-state index is -3.66. The molecule has 0 bridgehead atoms. The van der Waals surface area contributed by atoms with E-state index in [1.807, 2.05) is 19.1 Å². The van der Waals surface area contributed by atoms with Crippen LogP contribution < -0.4 is 14.8 Å². The van der Waals surface area contributed by atoms with Crippen LogP contribution in [0.15, 0.2) is 77.7 Å². The monoisotopic (exact) mass is 424 g/mol. The summed E-state index contributed by atoms with van der Waals surface area (Å²) in [5, 5.41) is 2.83. The number of methoxy groups -OCH3 is 1. The lowest BCUT2D eigenvalue weighted by atomic mass is 10.1. The first-order valence-corrected chi connectivity index (χ1v) is 11.0. The summed E-state index contributed by atoms with van der Waals surface area (Å²) in [6.45, 7) is 1.94. The van der Waals surface area contributed by atoms with Crippen LogP contribution >= 0.6 is 0 Å². The fraction of sp³-hybridized carbons (Fsp3) is 0.174. The molecule has 0 aliphatic carbocycles. The van der Waals surface area contributed by atoms with Crippen LogP contribution in [-0.4, -0.2) is 21.4 Å². The molecule has 1 amide bonds. The highest BCUT2D eigenvalue weighted by atomic mass is 32.2. The maximum absolute atomic E-state index is 12.5. The van der Waals surface area contributed by atoms with Crippen molar-refractivity contribution in [2.45, 2.75) is 24.7 Å². The van der Waals surface area contributed by atoms with Crippen LogP contribution in [0.25, 0.3) is 0 Å². The van der Waals surface area contributed by atoms with Gasteiger partial charge in [-0.25, -0.2) is 8.42 Å². The van der Waals surface area contributed by atoms with Gasteiger partial charge in [-0.2, -0.15) is 0 Å². The third kappa shape index (κ3) is 5.84. The summed E-state index contributed by atoms with van der Waals surface area (Å²) in [6.07, 6.45) is 0.784. The molecule has 0 saturated heterocycles. The molecule has 3 rings (SSSR count). The van der Waals surface area contributed by atoms with Gasteiger partial charge >= 0.3 is 0 Å². The number of rotatable bonds is 8. The molecular weight excluding hydrogens is 400 g/mol. The Hall–Kier alpha value is -3.32. The SMILES string of the molecule is COc1cccc(NC(=O)CCc2ccc(S(=O)(=O)Nc3ccc(C)cc3)cc2)c1. The average molecular weight is 425 g/mol. The fourth-order valence-electron chi connectivity index (χ4n) is 2.85. The van der Waals surface area contributed by atoms with Crippen LogP contribution in [0.2, 0.25) is 0 Å². The predicted molar refractivity (Wildman–Crippen MR) is 118 cm³/mol. The van der Waals surface area contributed by atoms with Crippen molar-refractivity contribution in [3.8, 4) is 5.75 Å². The molecule has 0 unspecified atom stereocenters. The number of sulfonamides is 1. The van der Waals surface area contributed by atoms with Crippen molar-refractivity contribution in [2.24, 2.45) is 0 Å². The van der Waals surface area contributed by atoms with Gasteiger partial charge in [0.25, 0.3) is 10.0 Å². The molecule has 2 N–H and O–H groups in total. The highest BCUT2D eigenvalue weighted by Gasteiger charge is 2.14. The van der Waals surface area contributed by atoms with Crippen LogP contribution in [0.3, 0.4) is 0 Å². The van der Waals surface area contributed by atoms with Crippen molar-refractivity contribution in [3.05, 3.63) is 83.9 Å². The molecule has 0 fully saturated rings. The lowest BCUT2D eigenvalue weighted by molar-refractivity contribution is -0.116. The van der Waals surface area contributed by atoms with E-state index in [1.165, 1.54) is 0 Å². The number of aryl methyl sites for hydroxylation is 2. The van der Waals surface area contributed by atoms with Gasteiger partial charge in [0.15, 0.2) is 0 Å². The molecule has 7 heteroatoms. The topological polar surface area (TPSA) is 84.5 Å². The third-order valence-corrected chi connectivity index (χ3v) is 5.93. The van der Waals surface area contributed by atoms with E-state index in [0.717, 1.165) is 11.1 Å². The predicted octanol–water partition coefficient (Wildman–Crippen LogP) is 4.38. The molecular formula is C23H24N2O4S. The van der Waals surface area contributed by atoms with E-state index in [9.17, 15) is 13.2 Å². The highest BCUT2D eigenvalue weighted by molar-refractivity contribution is 7.92. The van der Waals surface area contributed by atoms with Crippen LogP contribution in [-0.2, 0) is 21.2 Å². The van der Waals surface area contributed by atoms with E-state index in [0.29, 0.717) is 23.5 Å². The molecule has 0 saturated carbocycles. The second-order valence-corrected chi connectivity index (χ2v) is 8.58.